The molecule has 1 N–H and O–H groups in total. The first kappa shape index (κ1) is 9.63. The van der Waals surface area contributed by atoms with Crippen LogP contribution in [0.2, 0.25) is 0 Å². The largest absolute Gasteiger partial charge is 0.432 e. The van der Waals surface area contributed by atoms with E-state index in [1.54, 1.807) is 0 Å². The lowest BCUT2D eigenvalue weighted by Crippen LogP contribution is -2.33. The molecule has 3 nitrogen and oxygen atoms in total. The van der Waals surface area contributed by atoms with Gasteiger partial charge in [0.25, 0.3) is 0 Å². The van der Waals surface area contributed by atoms with Crippen molar-refractivity contribution < 1.29 is 18.0 Å². The van der Waals surface area contributed by atoms with Gasteiger partial charge in [-0.1, -0.05) is 0 Å². The standard InChI is InChI=1S/C7H7F3N2O/c1-12-5(4-13)2-11-3-6(12)7(8,9)10/h2-4,11H,1H3. The molecule has 1 aliphatic heterocycles. The average Bonchev–Trinajstić information content (AvgIpc) is 2.02. The molecule has 0 saturated heterocycles. The topological polar surface area (TPSA) is 32.3 Å². The number of alkyl halides is 3. The number of hydrogen-bond acceptors (Lipinski definition) is 3. The van der Waals surface area contributed by atoms with Crippen LogP contribution in [0.15, 0.2) is 23.8 Å². The number of rotatable bonds is 1. The van der Waals surface area contributed by atoms with Gasteiger partial charge in [0, 0.05) is 19.4 Å². The zero-order valence-corrected chi connectivity index (χ0v) is 6.72. The molecule has 1 rings (SSSR count). The molecule has 72 valence electrons. The molecule has 0 aromatic heterocycles. The molecule has 0 saturated carbocycles. The molecule has 13 heavy (non-hydrogen) atoms. The van der Waals surface area contributed by atoms with Crippen molar-refractivity contribution >= 4 is 6.29 Å². The number of carbonyl (C=O) groups excluding carboxylic acids is 1. The van der Waals surface area contributed by atoms with Crippen LogP contribution in [0.4, 0.5) is 13.2 Å². The van der Waals surface area contributed by atoms with E-state index in [1.807, 2.05) is 0 Å². The molecule has 0 amide bonds. The third-order valence-corrected chi connectivity index (χ3v) is 1.61. The lowest BCUT2D eigenvalue weighted by atomic mass is 10.3. The van der Waals surface area contributed by atoms with E-state index < -0.39 is 11.9 Å². The van der Waals surface area contributed by atoms with Gasteiger partial charge < -0.3 is 10.2 Å². The van der Waals surface area contributed by atoms with Crippen LogP contribution in [0, 0.1) is 0 Å². The van der Waals surface area contributed by atoms with E-state index in [9.17, 15) is 18.0 Å². The quantitative estimate of drug-likeness (QED) is 0.628. The van der Waals surface area contributed by atoms with Crippen LogP contribution in [0.25, 0.3) is 0 Å². The monoisotopic (exact) mass is 192 g/mol. The summed E-state index contributed by atoms with van der Waals surface area (Å²) in [6, 6.07) is 0. The highest BCUT2D eigenvalue weighted by atomic mass is 19.4. The Hall–Kier alpha value is -1.46. The van der Waals surface area contributed by atoms with Gasteiger partial charge in [-0.2, -0.15) is 13.2 Å². The third kappa shape index (κ3) is 1.82. The molecule has 0 spiro atoms. The molecule has 0 unspecified atom stereocenters. The fourth-order valence-corrected chi connectivity index (χ4v) is 0.924. The SMILES string of the molecule is CN1C(C=O)=CNC=C1C(F)(F)F. The van der Waals surface area contributed by atoms with Crippen molar-refractivity contribution in [3.63, 3.8) is 0 Å². The zero-order valence-electron chi connectivity index (χ0n) is 6.72. The summed E-state index contributed by atoms with van der Waals surface area (Å²) in [7, 11) is 1.18. The van der Waals surface area contributed by atoms with Crippen molar-refractivity contribution in [1.82, 2.24) is 10.2 Å². The molecule has 6 heteroatoms. The molecule has 1 aliphatic rings. The summed E-state index contributed by atoms with van der Waals surface area (Å²) in [5.74, 6) is 0. The summed E-state index contributed by atoms with van der Waals surface area (Å²) in [6.07, 6.45) is -2.11. The predicted molar refractivity (Wildman–Crippen MR) is 39.2 cm³/mol. The average molecular weight is 192 g/mol. The van der Waals surface area contributed by atoms with Crippen molar-refractivity contribution in [1.29, 1.82) is 0 Å². The van der Waals surface area contributed by atoms with Gasteiger partial charge in [0.05, 0.1) is 5.70 Å². The first-order valence-electron chi connectivity index (χ1n) is 3.39. The summed E-state index contributed by atoms with van der Waals surface area (Å²) in [5, 5.41) is 2.26. The Morgan fingerprint density at radius 3 is 2.54 bits per heavy atom. The molecule has 0 bridgehead atoms. The minimum absolute atomic E-state index is 0.0603. The van der Waals surface area contributed by atoms with E-state index in [2.05, 4.69) is 5.32 Å². The number of nitrogens with zero attached hydrogens (tertiary/aromatic N) is 1. The van der Waals surface area contributed by atoms with Crippen LogP contribution in [0.1, 0.15) is 0 Å². The van der Waals surface area contributed by atoms with Crippen molar-refractivity contribution in [3.8, 4) is 0 Å². The Labute approximate surface area is 72.5 Å². The minimum atomic E-state index is -4.45. The number of carbonyl (C=O) groups is 1. The van der Waals surface area contributed by atoms with Crippen LogP contribution < -0.4 is 5.32 Å². The van der Waals surface area contributed by atoms with E-state index in [-0.39, 0.29) is 5.70 Å². The predicted octanol–water partition coefficient (Wildman–Crippen LogP) is 0.965. The Balaban J connectivity index is 2.92. The maximum absolute atomic E-state index is 12.2. The van der Waals surface area contributed by atoms with Crippen molar-refractivity contribution in [2.24, 2.45) is 0 Å². The van der Waals surface area contributed by atoms with Crippen LogP contribution >= 0.6 is 0 Å². The first-order chi connectivity index (χ1) is 5.96. The molecule has 1 heterocycles. The number of halogens is 3. The molecule has 0 aliphatic carbocycles. The number of nitrogens with one attached hydrogen (secondary N) is 1. The second-order valence-corrected chi connectivity index (χ2v) is 2.44. The van der Waals surface area contributed by atoms with Crippen molar-refractivity contribution in [2.75, 3.05) is 7.05 Å². The Morgan fingerprint density at radius 1 is 1.46 bits per heavy atom. The summed E-state index contributed by atoms with van der Waals surface area (Å²) in [4.78, 5) is 11.1. The summed E-state index contributed by atoms with van der Waals surface area (Å²) >= 11 is 0. The second kappa shape index (κ2) is 3.12. The van der Waals surface area contributed by atoms with E-state index in [0.29, 0.717) is 6.29 Å². The Morgan fingerprint density at radius 2 is 2.08 bits per heavy atom. The van der Waals surface area contributed by atoms with Crippen LogP contribution in [-0.4, -0.2) is 24.4 Å². The fourth-order valence-electron chi connectivity index (χ4n) is 0.924. The highest BCUT2D eigenvalue weighted by Crippen LogP contribution is 2.29. The lowest BCUT2D eigenvalue weighted by molar-refractivity contribution is -0.112. The molecule has 0 radical (unpaired) electrons. The van der Waals surface area contributed by atoms with E-state index in [1.165, 1.54) is 13.2 Å². The number of aldehydes is 1. The highest BCUT2D eigenvalue weighted by molar-refractivity contribution is 5.73. The van der Waals surface area contributed by atoms with Gasteiger partial charge in [0.1, 0.15) is 5.70 Å². The van der Waals surface area contributed by atoms with E-state index >= 15 is 0 Å². The maximum atomic E-state index is 12.2. The molecular weight excluding hydrogens is 185 g/mol. The minimum Gasteiger partial charge on any atom is -0.364 e. The number of hydrogen-bond donors (Lipinski definition) is 1. The lowest BCUT2D eigenvalue weighted by Gasteiger charge is -2.26. The normalized spacial score (nSPS) is 17.4. The smallest absolute Gasteiger partial charge is 0.364 e. The van der Waals surface area contributed by atoms with Gasteiger partial charge in [0.15, 0.2) is 6.29 Å². The van der Waals surface area contributed by atoms with Crippen LogP contribution in [0.5, 0.6) is 0 Å². The second-order valence-electron chi connectivity index (χ2n) is 2.44. The maximum Gasteiger partial charge on any atom is 0.432 e. The van der Waals surface area contributed by atoms with E-state index in [4.69, 9.17) is 0 Å². The van der Waals surface area contributed by atoms with Crippen LogP contribution in [0.3, 0.4) is 0 Å². The van der Waals surface area contributed by atoms with Crippen molar-refractivity contribution in [3.05, 3.63) is 23.8 Å². The summed E-state index contributed by atoms with van der Waals surface area (Å²) < 4.78 is 36.6. The Bertz CT molecular complexity index is 280. The first-order valence-corrected chi connectivity index (χ1v) is 3.39. The van der Waals surface area contributed by atoms with Crippen molar-refractivity contribution in [2.45, 2.75) is 6.18 Å². The highest BCUT2D eigenvalue weighted by Gasteiger charge is 2.38. The number of likely N-dealkylation sites (N-methyl/N-ethyl adjacent to an activating group) is 1. The molecule has 0 aromatic rings. The van der Waals surface area contributed by atoms with Gasteiger partial charge in [-0.05, 0) is 0 Å². The van der Waals surface area contributed by atoms with Crippen LogP contribution in [-0.2, 0) is 4.79 Å². The summed E-state index contributed by atoms with van der Waals surface area (Å²) in [6.45, 7) is 0. The van der Waals surface area contributed by atoms with Gasteiger partial charge in [-0.25, -0.2) is 0 Å². The molecule has 0 fully saturated rings. The molecule has 0 atom stereocenters. The third-order valence-electron chi connectivity index (χ3n) is 1.61. The van der Waals surface area contributed by atoms with Gasteiger partial charge >= 0.3 is 6.18 Å². The molecule has 0 aromatic carbocycles. The summed E-state index contributed by atoms with van der Waals surface area (Å²) in [5.41, 5.74) is -0.952. The zero-order chi connectivity index (χ0) is 10.1. The Kier molecular flexibility index (Phi) is 2.31. The number of allylic oxidation sites excluding steroid dienone is 2. The van der Waals surface area contributed by atoms with Gasteiger partial charge in [-0.15, -0.1) is 0 Å². The fraction of sp³-hybridized carbons (Fsp3) is 0.286. The van der Waals surface area contributed by atoms with Gasteiger partial charge in [-0.3, -0.25) is 4.79 Å². The van der Waals surface area contributed by atoms with E-state index in [0.717, 1.165) is 11.1 Å². The molecular formula is C7H7F3N2O. The van der Waals surface area contributed by atoms with Gasteiger partial charge in [0.2, 0.25) is 0 Å².